The van der Waals surface area contributed by atoms with Crippen LogP contribution >= 0.6 is 0 Å². The first-order valence-electron chi connectivity index (χ1n) is 6.41. The predicted octanol–water partition coefficient (Wildman–Crippen LogP) is 1.64. The van der Waals surface area contributed by atoms with Gasteiger partial charge in [-0.1, -0.05) is 12.8 Å². The molecule has 16 heavy (non-hydrogen) atoms. The number of rotatable bonds is 5. The molecule has 0 spiro atoms. The summed E-state index contributed by atoms with van der Waals surface area (Å²) in [5, 5.41) is 3.46. The van der Waals surface area contributed by atoms with Crippen LogP contribution in [0.3, 0.4) is 0 Å². The van der Waals surface area contributed by atoms with Gasteiger partial charge in [0.05, 0.1) is 0 Å². The lowest BCUT2D eigenvalue weighted by atomic mass is 9.83. The average molecular weight is 226 g/mol. The van der Waals surface area contributed by atoms with E-state index in [9.17, 15) is 4.79 Å². The summed E-state index contributed by atoms with van der Waals surface area (Å²) in [7, 11) is 0. The Morgan fingerprint density at radius 3 is 2.75 bits per heavy atom. The van der Waals surface area contributed by atoms with Crippen molar-refractivity contribution in [1.82, 2.24) is 5.32 Å². The number of ether oxygens (including phenoxy) is 1. The van der Waals surface area contributed by atoms with Crippen LogP contribution in [-0.2, 0) is 4.74 Å². The van der Waals surface area contributed by atoms with Gasteiger partial charge in [0.1, 0.15) is 6.61 Å². The molecule has 0 heterocycles. The first-order chi connectivity index (χ1) is 7.75. The summed E-state index contributed by atoms with van der Waals surface area (Å²) in [5.41, 5.74) is 4.89. The number of hydrogen-bond acceptors (Lipinski definition) is 3. The van der Waals surface area contributed by atoms with Crippen molar-refractivity contribution in [3.8, 4) is 0 Å². The Hall–Kier alpha value is -0.770. The number of primary amides is 1. The molecule has 0 aromatic rings. The standard InChI is InChI=1S/C12H22N2O2/c13-12(15)16-7-6-14-11-3-1-2-10(8-11)9-4-5-9/h9-11,14H,1-8H2,(H2,13,15). The molecule has 0 aromatic heterocycles. The molecule has 0 saturated heterocycles. The molecule has 4 heteroatoms. The van der Waals surface area contributed by atoms with Gasteiger partial charge < -0.3 is 15.8 Å². The minimum Gasteiger partial charge on any atom is -0.448 e. The van der Waals surface area contributed by atoms with Crippen LogP contribution in [0.15, 0.2) is 0 Å². The summed E-state index contributed by atoms with van der Waals surface area (Å²) < 4.78 is 4.70. The lowest BCUT2D eigenvalue weighted by Crippen LogP contribution is -2.37. The molecule has 0 bridgehead atoms. The zero-order valence-electron chi connectivity index (χ0n) is 9.78. The molecular weight excluding hydrogens is 204 g/mol. The molecule has 3 N–H and O–H groups in total. The van der Waals surface area contributed by atoms with E-state index in [-0.39, 0.29) is 0 Å². The Kier molecular flexibility index (Phi) is 4.04. The second-order valence-corrected chi connectivity index (χ2v) is 5.08. The maximum atomic E-state index is 10.4. The van der Waals surface area contributed by atoms with Crippen molar-refractivity contribution in [3.63, 3.8) is 0 Å². The predicted molar refractivity (Wildman–Crippen MR) is 62.0 cm³/mol. The van der Waals surface area contributed by atoms with E-state index in [2.05, 4.69) is 5.32 Å². The highest BCUT2D eigenvalue weighted by Crippen LogP contribution is 2.43. The van der Waals surface area contributed by atoms with Gasteiger partial charge in [0.25, 0.3) is 0 Å². The summed E-state index contributed by atoms with van der Waals surface area (Å²) in [6.07, 6.45) is 7.54. The van der Waals surface area contributed by atoms with Gasteiger partial charge in [-0.05, 0) is 37.5 Å². The Morgan fingerprint density at radius 2 is 2.06 bits per heavy atom. The minimum absolute atomic E-state index is 0.389. The average Bonchev–Trinajstić information content (AvgIpc) is 3.08. The van der Waals surface area contributed by atoms with Gasteiger partial charge in [0.2, 0.25) is 0 Å². The molecule has 2 aliphatic carbocycles. The van der Waals surface area contributed by atoms with E-state index in [1.54, 1.807) is 0 Å². The minimum atomic E-state index is -0.679. The van der Waals surface area contributed by atoms with Gasteiger partial charge in [-0.3, -0.25) is 0 Å². The Bertz CT molecular complexity index is 241. The number of hydrogen-bond donors (Lipinski definition) is 2. The van der Waals surface area contributed by atoms with Crippen LogP contribution in [0.4, 0.5) is 4.79 Å². The van der Waals surface area contributed by atoms with Crippen LogP contribution in [0, 0.1) is 11.8 Å². The van der Waals surface area contributed by atoms with Gasteiger partial charge in [0.15, 0.2) is 0 Å². The normalized spacial score (nSPS) is 30.0. The number of nitrogens with two attached hydrogens (primary N) is 1. The molecule has 2 fully saturated rings. The summed E-state index contributed by atoms with van der Waals surface area (Å²) in [5.74, 6) is 1.97. The molecule has 0 aromatic carbocycles. The quantitative estimate of drug-likeness (QED) is 0.700. The Balaban J connectivity index is 1.59. The van der Waals surface area contributed by atoms with Crippen molar-refractivity contribution in [2.24, 2.45) is 17.6 Å². The molecule has 92 valence electrons. The largest absolute Gasteiger partial charge is 0.448 e. The van der Waals surface area contributed by atoms with Crippen LogP contribution in [0.1, 0.15) is 38.5 Å². The summed E-state index contributed by atoms with van der Waals surface area (Å²) in [4.78, 5) is 10.4. The SMILES string of the molecule is NC(=O)OCCNC1CCCC(C2CC2)C1. The first-order valence-corrected chi connectivity index (χ1v) is 6.41. The second-order valence-electron chi connectivity index (χ2n) is 5.08. The molecule has 4 nitrogen and oxygen atoms in total. The van der Waals surface area contributed by atoms with Crippen molar-refractivity contribution in [2.45, 2.75) is 44.6 Å². The van der Waals surface area contributed by atoms with Crippen LogP contribution in [0.2, 0.25) is 0 Å². The monoisotopic (exact) mass is 226 g/mol. The van der Waals surface area contributed by atoms with E-state index in [1.165, 1.54) is 38.5 Å². The number of carbonyl (C=O) groups is 1. The lowest BCUT2D eigenvalue weighted by molar-refractivity contribution is 0.153. The van der Waals surface area contributed by atoms with Crippen LogP contribution in [0.5, 0.6) is 0 Å². The summed E-state index contributed by atoms with van der Waals surface area (Å²) in [6, 6.07) is 0.621. The van der Waals surface area contributed by atoms with Gasteiger partial charge in [-0.15, -0.1) is 0 Å². The third-order valence-electron chi connectivity index (χ3n) is 3.78. The maximum absolute atomic E-state index is 10.4. The number of nitrogens with one attached hydrogen (secondary N) is 1. The van der Waals surface area contributed by atoms with Crippen molar-refractivity contribution in [3.05, 3.63) is 0 Å². The van der Waals surface area contributed by atoms with Gasteiger partial charge in [0, 0.05) is 12.6 Å². The fourth-order valence-corrected chi connectivity index (χ4v) is 2.82. The van der Waals surface area contributed by atoms with Gasteiger partial charge in [-0.25, -0.2) is 4.79 Å². The molecule has 0 aliphatic heterocycles. The number of carbonyl (C=O) groups excluding carboxylic acids is 1. The summed E-state index contributed by atoms with van der Waals surface area (Å²) in [6.45, 7) is 1.12. The topological polar surface area (TPSA) is 64.4 Å². The fraction of sp³-hybridized carbons (Fsp3) is 0.917. The highest BCUT2D eigenvalue weighted by atomic mass is 16.5. The highest BCUT2D eigenvalue weighted by molar-refractivity contribution is 5.64. The zero-order chi connectivity index (χ0) is 11.4. The van der Waals surface area contributed by atoms with Crippen molar-refractivity contribution in [2.75, 3.05) is 13.2 Å². The molecule has 2 unspecified atom stereocenters. The Morgan fingerprint density at radius 1 is 1.25 bits per heavy atom. The number of amides is 1. The van der Waals surface area contributed by atoms with Gasteiger partial charge >= 0.3 is 6.09 Å². The Labute approximate surface area is 96.9 Å². The first kappa shape index (κ1) is 11.7. The molecular formula is C12H22N2O2. The second kappa shape index (κ2) is 5.53. The molecule has 2 saturated carbocycles. The lowest BCUT2D eigenvalue weighted by Gasteiger charge is -2.29. The smallest absolute Gasteiger partial charge is 0.404 e. The molecule has 2 aliphatic rings. The highest BCUT2D eigenvalue weighted by Gasteiger charge is 2.34. The zero-order valence-corrected chi connectivity index (χ0v) is 9.78. The third-order valence-corrected chi connectivity index (χ3v) is 3.78. The van der Waals surface area contributed by atoms with Crippen molar-refractivity contribution in [1.29, 1.82) is 0 Å². The van der Waals surface area contributed by atoms with E-state index in [0.717, 1.165) is 18.4 Å². The van der Waals surface area contributed by atoms with E-state index in [1.807, 2.05) is 0 Å². The van der Waals surface area contributed by atoms with E-state index in [4.69, 9.17) is 10.5 Å². The van der Waals surface area contributed by atoms with E-state index >= 15 is 0 Å². The molecule has 2 atom stereocenters. The van der Waals surface area contributed by atoms with Crippen LogP contribution < -0.4 is 11.1 Å². The van der Waals surface area contributed by atoms with Crippen LogP contribution in [0.25, 0.3) is 0 Å². The molecule has 0 radical (unpaired) electrons. The van der Waals surface area contributed by atoms with Crippen LogP contribution in [-0.4, -0.2) is 25.3 Å². The molecule has 2 rings (SSSR count). The van der Waals surface area contributed by atoms with Crippen molar-refractivity contribution < 1.29 is 9.53 Å². The van der Waals surface area contributed by atoms with E-state index in [0.29, 0.717) is 12.6 Å². The third kappa shape index (κ3) is 3.67. The maximum Gasteiger partial charge on any atom is 0.404 e. The fourth-order valence-electron chi connectivity index (χ4n) is 2.82. The van der Waals surface area contributed by atoms with Crippen molar-refractivity contribution >= 4 is 6.09 Å². The van der Waals surface area contributed by atoms with Gasteiger partial charge in [-0.2, -0.15) is 0 Å². The summed E-state index contributed by atoms with van der Waals surface area (Å²) >= 11 is 0. The molecule has 1 amide bonds. The van der Waals surface area contributed by atoms with E-state index < -0.39 is 6.09 Å².